The summed E-state index contributed by atoms with van der Waals surface area (Å²) in [6, 6.07) is 0.690. The lowest BCUT2D eigenvalue weighted by atomic mass is 9.83. The van der Waals surface area contributed by atoms with E-state index in [2.05, 4.69) is 30.9 Å². The van der Waals surface area contributed by atoms with Gasteiger partial charge in [0.25, 0.3) is 0 Å². The Hall–Kier alpha value is -0.340. The first kappa shape index (κ1) is 10.8. The monoisotopic (exact) mass is 221 g/mol. The van der Waals surface area contributed by atoms with E-state index < -0.39 is 0 Å². The normalized spacial score (nSPS) is 42.5. The van der Waals surface area contributed by atoms with Gasteiger partial charge in [-0.15, -0.1) is 0 Å². The highest BCUT2D eigenvalue weighted by atomic mass is 16.5. The molecule has 2 aliphatic heterocycles. The molecule has 2 heterocycles. The molecular formula is C14H23NO. The number of rotatable bonds is 1. The molecule has 16 heavy (non-hydrogen) atoms. The lowest BCUT2D eigenvalue weighted by Crippen LogP contribution is -2.41. The first-order chi connectivity index (χ1) is 7.67. The number of nitrogens with zero attached hydrogens (tertiary/aromatic N) is 1. The summed E-state index contributed by atoms with van der Waals surface area (Å²) >= 11 is 0. The molecule has 2 saturated heterocycles. The van der Waals surface area contributed by atoms with Crippen LogP contribution in [0.5, 0.6) is 0 Å². The van der Waals surface area contributed by atoms with Crippen molar-refractivity contribution in [2.45, 2.75) is 51.3 Å². The Bertz CT molecular complexity index is 297. The maximum Gasteiger partial charge on any atom is 0.116 e. The van der Waals surface area contributed by atoms with E-state index in [1.807, 2.05) is 0 Å². The topological polar surface area (TPSA) is 12.5 Å². The van der Waals surface area contributed by atoms with Gasteiger partial charge in [-0.25, -0.2) is 0 Å². The predicted molar refractivity (Wildman–Crippen MR) is 65.1 cm³/mol. The van der Waals surface area contributed by atoms with Crippen molar-refractivity contribution in [2.24, 2.45) is 11.8 Å². The Kier molecular flexibility index (Phi) is 2.60. The fourth-order valence-corrected chi connectivity index (χ4v) is 3.70. The summed E-state index contributed by atoms with van der Waals surface area (Å²) in [4.78, 5) is 2.58. The average molecular weight is 221 g/mol. The molecular weight excluding hydrogens is 198 g/mol. The van der Waals surface area contributed by atoms with Gasteiger partial charge in [-0.05, 0) is 51.4 Å². The van der Waals surface area contributed by atoms with Crippen LogP contribution >= 0.6 is 0 Å². The zero-order valence-electron chi connectivity index (χ0n) is 10.5. The smallest absolute Gasteiger partial charge is 0.116 e. The quantitative estimate of drug-likeness (QED) is 0.631. The fraction of sp³-hybridized carbons (Fsp3) is 0.857. The molecule has 0 aromatic rings. The fourth-order valence-electron chi connectivity index (χ4n) is 3.70. The molecule has 0 N–H and O–H groups in total. The molecule has 3 aliphatic rings. The number of hydrogen-bond donors (Lipinski definition) is 0. The van der Waals surface area contributed by atoms with Crippen LogP contribution < -0.4 is 0 Å². The molecule has 0 aromatic heterocycles. The molecule has 0 spiro atoms. The van der Waals surface area contributed by atoms with E-state index in [1.54, 1.807) is 0 Å². The molecule has 3 atom stereocenters. The third-order valence-corrected chi connectivity index (χ3v) is 4.66. The average Bonchev–Trinajstić information content (AvgIpc) is 2.82. The molecule has 2 heteroatoms. The predicted octanol–water partition coefficient (Wildman–Crippen LogP) is 2.80. The van der Waals surface area contributed by atoms with Crippen LogP contribution in [0.15, 0.2) is 12.2 Å². The molecule has 3 unspecified atom stereocenters. The minimum absolute atomic E-state index is 0.0161. The molecule has 3 rings (SSSR count). The standard InChI is InChI=1S/C14H23NO/c1-14(2)15-9-12(8-13(15)10-16-14)11-6-4-3-5-7-11/h4,6,11-13H,3,5,7-10H2,1-2H3. The molecule has 0 amide bonds. The molecule has 0 radical (unpaired) electrons. The van der Waals surface area contributed by atoms with E-state index in [1.165, 1.54) is 32.2 Å². The van der Waals surface area contributed by atoms with E-state index >= 15 is 0 Å². The first-order valence-electron chi connectivity index (χ1n) is 6.74. The van der Waals surface area contributed by atoms with Crippen molar-refractivity contribution < 1.29 is 4.74 Å². The van der Waals surface area contributed by atoms with Gasteiger partial charge in [0.15, 0.2) is 0 Å². The molecule has 0 saturated carbocycles. The highest BCUT2D eigenvalue weighted by Crippen LogP contribution is 2.41. The van der Waals surface area contributed by atoms with Crippen LogP contribution in [0.25, 0.3) is 0 Å². The number of hydrogen-bond acceptors (Lipinski definition) is 2. The Labute approximate surface area is 98.6 Å². The Morgan fingerprint density at radius 3 is 2.94 bits per heavy atom. The third kappa shape index (κ3) is 1.72. The number of ether oxygens (including phenoxy) is 1. The van der Waals surface area contributed by atoms with Crippen LogP contribution in [0, 0.1) is 11.8 Å². The van der Waals surface area contributed by atoms with Gasteiger partial charge in [0.2, 0.25) is 0 Å². The maximum atomic E-state index is 5.85. The highest BCUT2D eigenvalue weighted by molar-refractivity contribution is 5.02. The molecule has 0 aromatic carbocycles. The van der Waals surface area contributed by atoms with Crippen molar-refractivity contribution in [2.75, 3.05) is 13.2 Å². The third-order valence-electron chi connectivity index (χ3n) is 4.66. The Morgan fingerprint density at radius 1 is 1.38 bits per heavy atom. The van der Waals surface area contributed by atoms with Crippen molar-refractivity contribution in [3.63, 3.8) is 0 Å². The van der Waals surface area contributed by atoms with Gasteiger partial charge in [0.1, 0.15) is 5.72 Å². The molecule has 0 bridgehead atoms. The van der Waals surface area contributed by atoms with Gasteiger partial charge < -0.3 is 4.74 Å². The minimum Gasteiger partial charge on any atom is -0.359 e. The summed E-state index contributed by atoms with van der Waals surface area (Å²) in [6.45, 7) is 6.62. The van der Waals surface area contributed by atoms with Crippen molar-refractivity contribution in [1.82, 2.24) is 4.90 Å². The van der Waals surface area contributed by atoms with E-state index in [9.17, 15) is 0 Å². The summed E-state index contributed by atoms with van der Waals surface area (Å²) in [5.74, 6) is 1.72. The van der Waals surface area contributed by atoms with Crippen molar-refractivity contribution >= 4 is 0 Å². The SMILES string of the molecule is CC1(C)OCC2CC(C3C=CCCC3)CN21. The second kappa shape index (κ2) is 3.85. The van der Waals surface area contributed by atoms with Gasteiger partial charge in [0.05, 0.1) is 6.61 Å². The van der Waals surface area contributed by atoms with E-state index in [0.717, 1.165) is 18.4 Å². The Balaban J connectivity index is 1.69. The lowest BCUT2D eigenvalue weighted by molar-refractivity contribution is -0.0520. The van der Waals surface area contributed by atoms with Crippen LogP contribution in [0.2, 0.25) is 0 Å². The summed E-state index contributed by atoms with van der Waals surface area (Å²) in [5, 5.41) is 0. The van der Waals surface area contributed by atoms with Crippen molar-refractivity contribution in [1.29, 1.82) is 0 Å². The van der Waals surface area contributed by atoms with Crippen molar-refractivity contribution in [3.05, 3.63) is 12.2 Å². The van der Waals surface area contributed by atoms with Gasteiger partial charge in [-0.3, -0.25) is 4.90 Å². The molecule has 2 nitrogen and oxygen atoms in total. The molecule has 90 valence electrons. The number of fused-ring (bicyclic) bond motifs is 1. The maximum absolute atomic E-state index is 5.85. The summed E-state index contributed by atoms with van der Waals surface area (Å²) in [6.07, 6.45) is 10.3. The zero-order chi connectivity index (χ0) is 11.2. The molecule has 2 fully saturated rings. The van der Waals surface area contributed by atoms with Gasteiger partial charge in [-0.2, -0.15) is 0 Å². The van der Waals surface area contributed by atoms with Crippen LogP contribution in [-0.4, -0.2) is 29.8 Å². The van der Waals surface area contributed by atoms with Gasteiger partial charge >= 0.3 is 0 Å². The van der Waals surface area contributed by atoms with Crippen LogP contribution in [0.4, 0.5) is 0 Å². The summed E-state index contributed by atoms with van der Waals surface area (Å²) in [5.41, 5.74) is -0.0161. The second-order valence-corrected chi connectivity index (χ2v) is 6.08. The van der Waals surface area contributed by atoms with Gasteiger partial charge in [-0.1, -0.05) is 12.2 Å². The minimum atomic E-state index is -0.0161. The van der Waals surface area contributed by atoms with Crippen LogP contribution in [-0.2, 0) is 4.74 Å². The number of allylic oxidation sites excluding steroid dienone is 2. The lowest BCUT2D eigenvalue weighted by Gasteiger charge is -2.30. The summed E-state index contributed by atoms with van der Waals surface area (Å²) in [7, 11) is 0. The zero-order valence-corrected chi connectivity index (χ0v) is 10.5. The highest BCUT2D eigenvalue weighted by Gasteiger charge is 2.47. The van der Waals surface area contributed by atoms with E-state index in [0.29, 0.717) is 6.04 Å². The summed E-state index contributed by atoms with van der Waals surface area (Å²) < 4.78 is 5.85. The largest absolute Gasteiger partial charge is 0.359 e. The van der Waals surface area contributed by atoms with Crippen molar-refractivity contribution in [3.8, 4) is 0 Å². The first-order valence-corrected chi connectivity index (χ1v) is 6.74. The van der Waals surface area contributed by atoms with Crippen LogP contribution in [0.1, 0.15) is 39.5 Å². The van der Waals surface area contributed by atoms with Gasteiger partial charge in [0, 0.05) is 12.6 Å². The molecule has 1 aliphatic carbocycles. The Morgan fingerprint density at radius 2 is 2.25 bits per heavy atom. The second-order valence-electron chi connectivity index (χ2n) is 6.08. The van der Waals surface area contributed by atoms with Crippen LogP contribution in [0.3, 0.4) is 0 Å². The van der Waals surface area contributed by atoms with E-state index in [4.69, 9.17) is 4.74 Å². The van der Waals surface area contributed by atoms with E-state index in [-0.39, 0.29) is 5.72 Å².